The SMILES string of the molecule is COc1ccc(CN(C(=O)CC2CCCCC2)C2CC2)cc1. The highest BCUT2D eigenvalue weighted by molar-refractivity contribution is 5.77. The summed E-state index contributed by atoms with van der Waals surface area (Å²) < 4.78 is 5.20. The van der Waals surface area contributed by atoms with Crippen LogP contribution in [0.25, 0.3) is 0 Å². The average Bonchev–Trinajstić information content (AvgIpc) is 3.39. The molecular weight excluding hydrogens is 274 g/mol. The summed E-state index contributed by atoms with van der Waals surface area (Å²) in [5, 5.41) is 0. The number of hydrogen-bond acceptors (Lipinski definition) is 2. The third-order valence-corrected chi connectivity index (χ3v) is 5.01. The van der Waals surface area contributed by atoms with Crippen molar-refractivity contribution in [3.05, 3.63) is 29.8 Å². The molecule has 0 N–H and O–H groups in total. The van der Waals surface area contributed by atoms with Gasteiger partial charge in [0.2, 0.25) is 5.91 Å². The van der Waals surface area contributed by atoms with Gasteiger partial charge in [0, 0.05) is 19.0 Å². The molecule has 0 aliphatic heterocycles. The van der Waals surface area contributed by atoms with Crippen LogP contribution in [0, 0.1) is 5.92 Å². The van der Waals surface area contributed by atoms with E-state index in [1.54, 1.807) is 7.11 Å². The monoisotopic (exact) mass is 301 g/mol. The van der Waals surface area contributed by atoms with Gasteiger partial charge >= 0.3 is 0 Å². The Balaban J connectivity index is 1.60. The molecule has 1 amide bonds. The molecule has 22 heavy (non-hydrogen) atoms. The van der Waals surface area contributed by atoms with E-state index in [1.807, 2.05) is 12.1 Å². The van der Waals surface area contributed by atoms with Gasteiger partial charge in [0.05, 0.1) is 7.11 Å². The van der Waals surface area contributed by atoms with Gasteiger partial charge < -0.3 is 9.64 Å². The van der Waals surface area contributed by atoms with E-state index in [4.69, 9.17) is 4.74 Å². The molecule has 1 aromatic carbocycles. The van der Waals surface area contributed by atoms with Crippen molar-refractivity contribution in [3.8, 4) is 5.75 Å². The molecule has 2 saturated carbocycles. The molecule has 1 aromatic rings. The predicted octanol–water partition coefficient (Wildman–Crippen LogP) is 4.16. The number of benzene rings is 1. The summed E-state index contributed by atoms with van der Waals surface area (Å²) >= 11 is 0. The fraction of sp³-hybridized carbons (Fsp3) is 0.632. The first-order chi connectivity index (χ1) is 10.8. The van der Waals surface area contributed by atoms with Crippen LogP contribution >= 0.6 is 0 Å². The maximum absolute atomic E-state index is 12.7. The van der Waals surface area contributed by atoms with Crippen molar-refractivity contribution in [1.29, 1.82) is 0 Å². The van der Waals surface area contributed by atoms with Crippen LogP contribution in [0.2, 0.25) is 0 Å². The van der Waals surface area contributed by atoms with Crippen molar-refractivity contribution in [3.63, 3.8) is 0 Å². The lowest BCUT2D eigenvalue weighted by atomic mass is 9.86. The van der Waals surface area contributed by atoms with Gasteiger partial charge in [0.15, 0.2) is 0 Å². The zero-order valence-electron chi connectivity index (χ0n) is 13.6. The predicted molar refractivity (Wildman–Crippen MR) is 87.8 cm³/mol. The van der Waals surface area contributed by atoms with Crippen molar-refractivity contribution < 1.29 is 9.53 Å². The number of carbonyl (C=O) groups excluding carboxylic acids is 1. The zero-order chi connectivity index (χ0) is 15.4. The standard InChI is InChI=1S/C19H27NO2/c1-22-18-11-7-16(8-12-18)14-20(17-9-10-17)19(21)13-15-5-3-2-4-6-15/h7-8,11-12,15,17H,2-6,9-10,13-14H2,1H3. The Morgan fingerprint density at radius 3 is 2.36 bits per heavy atom. The lowest BCUT2D eigenvalue weighted by Gasteiger charge is -2.27. The second kappa shape index (κ2) is 7.17. The van der Waals surface area contributed by atoms with E-state index in [9.17, 15) is 4.79 Å². The highest BCUT2D eigenvalue weighted by Gasteiger charge is 2.33. The van der Waals surface area contributed by atoms with E-state index < -0.39 is 0 Å². The number of amides is 1. The summed E-state index contributed by atoms with van der Waals surface area (Å²) in [5.74, 6) is 1.86. The largest absolute Gasteiger partial charge is 0.497 e. The van der Waals surface area contributed by atoms with Crippen LogP contribution in [0.1, 0.15) is 56.9 Å². The molecule has 0 aromatic heterocycles. The smallest absolute Gasteiger partial charge is 0.223 e. The fourth-order valence-electron chi connectivity index (χ4n) is 3.49. The van der Waals surface area contributed by atoms with Crippen molar-refractivity contribution >= 4 is 5.91 Å². The van der Waals surface area contributed by atoms with E-state index in [2.05, 4.69) is 17.0 Å². The van der Waals surface area contributed by atoms with Crippen LogP contribution in [0.5, 0.6) is 5.75 Å². The minimum Gasteiger partial charge on any atom is -0.497 e. The van der Waals surface area contributed by atoms with Gasteiger partial charge in [-0.3, -0.25) is 4.79 Å². The minimum absolute atomic E-state index is 0.366. The Morgan fingerprint density at radius 1 is 1.09 bits per heavy atom. The Morgan fingerprint density at radius 2 is 1.77 bits per heavy atom. The van der Waals surface area contributed by atoms with Gasteiger partial charge in [-0.2, -0.15) is 0 Å². The molecule has 3 rings (SSSR count). The number of rotatable bonds is 6. The molecule has 0 radical (unpaired) electrons. The van der Waals surface area contributed by atoms with Gasteiger partial charge in [0.1, 0.15) is 5.75 Å². The first-order valence-electron chi connectivity index (χ1n) is 8.68. The van der Waals surface area contributed by atoms with E-state index in [0.717, 1.165) is 18.7 Å². The lowest BCUT2D eigenvalue weighted by Crippen LogP contribution is -2.34. The topological polar surface area (TPSA) is 29.5 Å². The molecular formula is C19H27NO2. The summed E-state index contributed by atoms with van der Waals surface area (Å²) in [6.45, 7) is 0.750. The quantitative estimate of drug-likeness (QED) is 0.789. The first-order valence-corrected chi connectivity index (χ1v) is 8.68. The van der Waals surface area contributed by atoms with Gasteiger partial charge in [-0.25, -0.2) is 0 Å². The molecule has 0 spiro atoms. The van der Waals surface area contributed by atoms with Gasteiger partial charge in [-0.05, 0) is 49.3 Å². The fourth-order valence-corrected chi connectivity index (χ4v) is 3.49. The highest BCUT2D eigenvalue weighted by Crippen LogP contribution is 2.32. The summed E-state index contributed by atoms with van der Waals surface area (Å²) in [5.41, 5.74) is 1.20. The van der Waals surface area contributed by atoms with Crippen molar-refractivity contribution in [2.45, 2.75) is 64.0 Å². The number of carbonyl (C=O) groups is 1. The minimum atomic E-state index is 0.366. The van der Waals surface area contributed by atoms with E-state index in [1.165, 1.54) is 50.5 Å². The molecule has 3 nitrogen and oxygen atoms in total. The second-order valence-corrected chi connectivity index (χ2v) is 6.81. The second-order valence-electron chi connectivity index (χ2n) is 6.81. The third-order valence-electron chi connectivity index (χ3n) is 5.01. The molecule has 0 atom stereocenters. The molecule has 0 unspecified atom stereocenters. The van der Waals surface area contributed by atoms with Crippen LogP contribution in [-0.4, -0.2) is 24.0 Å². The molecule has 0 heterocycles. The molecule has 2 aliphatic carbocycles. The summed E-state index contributed by atoms with van der Waals surface area (Å²) in [7, 11) is 1.68. The summed E-state index contributed by atoms with van der Waals surface area (Å²) in [6, 6.07) is 8.58. The Hall–Kier alpha value is -1.51. The van der Waals surface area contributed by atoms with Crippen LogP contribution < -0.4 is 4.74 Å². The summed E-state index contributed by atoms with van der Waals surface area (Å²) in [6.07, 6.45) is 9.55. The zero-order valence-corrected chi connectivity index (χ0v) is 13.6. The van der Waals surface area contributed by atoms with Crippen LogP contribution in [0.3, 0.4) is 0 Å². The maximum atomic E-state index is 12.7. The average molecular weight is 301 g/mol. The van der Waals surface area contributed by atoms with Crippen LogP contribution in [0.4, 0.5) is 0 Å². The highest BCUT2D eigenvalue weighted by atomic mass is 16.5. The van der Waals surface area contributed by atoms with Gasteiger partial charge in [-0.1, -0.05) is 31.4 Å². The Kier molecular flexibility index (Phi) is 5.01. The Labute approximate surface area is 133 Å². The van der Waals surface area contributed by atoms with E-state index >= 15 is 0 Å². The van der Waals surface area contributed by atoms with Gasteiger partial charge in [-0.15, -0.1) is 0 Å². The maximum Gasteiger partial charge on any atom is 0.223 e. The first kappa shape index (κ1) is 15.4. The normalized spacial score (nSPS) is 19.0. The lowest BCUT2D eigenvalue weighted by molar-refractivity contribution is -0.133. The molecule has 3 heteroatoms. The number of ether oxygens (including phenoxy) is 1. The third kappa shape index (κ3) is 4.02. The van der Waals surface area contributed by atoms with E-state index in [-0.39, 0.29) is 0 Å². The van der Waals surface area contributed by atoms with Crippen LogP contribution in [0.15, 0.2) is 24.3 Å². The van der Waals surface area contributed by atoms with Crippen LogP contribution in [-0.2, 0) is 11.3 Å². The van der Waals surface area contributed by atoms with E-state index in [0.29, 0.717) is 17.9 Å². The Bertz CT molecular complexity index is 487. The molecule has 0 saturated heterocycles. The van der Waals surface area contributed by atoms with Crippen molar-refractivity contribution in [2.24, 2.45) is 5.92 Å². The molecule has 2 fully saturated rings. The van der Waals surface area contributed by atoms with Gasteiger partial charge in [0.25, 0.3) is 0 Å². The number of nitrogens with zero attached hydrogens (tertiary/aromatic N) is 1. The number of methoxy groups -OCH3 is 1. The molecule has 120 valence electrons. The summed E-state index contributed by atoms with van der Waals surface area (Å²) in [4.78, 5) is 14.8. The number of hydrogen-bond donors (Lipinski definition) is 0. The molecule has 0 bridgehead atoms. The van der Waals surface area contributed by atoms with Crippen molar-refractivity contribution in [2.75, 3.05) is 7.11 Å². The molecule has 2 aliphatic rings. The van der Waals surface area contributed by atoms with Crippen molar-refractivity contribution in [1.82, 2.24) is 4.90 Å².